The molecule has 0 atom stereocenters. The molecule has 144 valence electrons. The molecule has 4 nitrogen and oxygen atoms in total. The van der Waals surface area contributed by atoms with Gasteiger partial charge in [0, 0.05) is 12.1 Å². The van der Waals surface area contributed by atoms with Crippen LogP contribution < -0.4 is 10.1 Å². The molecular formula is C22H14F2N2O2S. The van der Waals surface area contributed by atoms with Gasteiger partial charge in [-0.3, -0.25) is 4.79 Å². The average molecular weight is 408 g/mol. The minimum atomic E-state index is -0.706. The van der Waals surface area contributed by atoms with Gasteiger partial charge in [-0.05, 0) is 55.3 Å². The van der Waals surface area contributed by atoms with Crippen molar-refractivity contribution in [1.29, 1.82) is 0 Å². The van der Waals surface area contributed by atoms with E-state index in [2.05, 4.69) is 4.98 Å². The first-order valence-corrected chi connectivity index (χ1v) is 9.72. The van der Waals surface area contributed by atoms with Gasteiger partial charge in [-0.15, -0.1) is 0 Å². The Kier molecular flexibility index (Phi) is 3.89. The molecule has 0 amide bonds. The van der Waals surface area contributed by atoms with Crippen LogP contribution >= 0.6 is 11.3 Å². The van der Waals surface area contributed by atoms with Crippen molar-refractivity contribution in [2.75, 3.05) is 0 Å². The Hall–Kier alpha value is -3.32. The summed E-state index contributed by atoms with van der Waals surface area (Å²) in [7, 11) is 0. The smallest absolute Gasteiger partial charge is 0.275 e. The number of fused-ring (bicyclic) bond motifs is 3. The molecule has 7 heteroatoms. The van der Waals surface area contributed by atoms with Gasteiger partial charge in [0.05, 0.1) is 16.6 Å². The number of hydrogen-bond acceptors (Lipinski definition) is 4. The Balaban J connectivity index is 1.63. The van der Waals surface area contributed by atoms with Crippen molar-refractivity contribution < 1.29 is 13.2 Å². The Morgan fingerprint density at radius 3 is 2.72 bits per heavy atom. The fourth-order valence-corrected chi connectivity index (χ4v) is 4.32. The van der Waals surface area contributed by atoms with E-state index in [0.29, 0.717) is 15.3 Å². The molecular weight excluding hydrogens is 394 g/mol. The number of halogens is 2. The van der Waals surface area contributed by atoms with E-state index in [-0.39, 0.29) is 16.9 Å². The van der Waals surface area contributed by atoms with Crippen molar-refractivity contribution in [3.8, 4) is 11.3 Å². The van der Waals surface area contributed by atoms with Crippen molar-refractivity contribution in [2.45, 2.75) is 13.8 Å². The predicted octanol–water partition coefficient (Wildman–Crippen LogP) is 4.61. The molecule has 0 N–H and O–H groups in total. The van der Waals surface area contributed by atoms with Crippen LogP contribution in [0.3, 0.4) is 0 Å². The Morgan fingerprint density at radius 1 is 1.10 bits per heavy atom. The van der Waals surface area contributed by atoms with E-state index in [1.807, 2.05) is 26.0 Å². The molecule has 3 aromatic heterocycles. The number of rotatable bonds is 2. The fraction of sp³-hybridized carbons (Fsp3) is 0.0909. The normalized spacial score (nSPS) is 12.5. The maximum atomic E-state index is 14.0. The Bertz CT molecular complexity index is 1530. The number of imidazole rings is 1. The van der Waals surface area contributed by atoms with Gasteiger partial charge in [0.25, 0.3) is 5.56 Å². The summed E-state index contributed by atoms with van der Waals surface area (Å²) in [5, 5.41) is 0. The lowest BCUT2D eigenvalue weighted by Crippen LogP contribution is -2.22. The monoisotopic (exact) mass is 408 g/mol. The second-order valence-corrected chi connectivity index (χ2v) is 7.86. The zero-order chi connectivity index (χ0) is 20.3. The van der Waals surface area contributed by atoms with Gasteiger partial charge in [0.2, 0.25) is 0 Å². The molecule has 0 aliphatic heterocycles. The lowest BCUT2D eigenvalue weighted by Gasteiger charge is -1.99. The molecule has 0 unspecified atom stereocenters. The van der Waals surface area contributed by atoms with E-state index in [4.69, 9.17) is 4.42 Å². The highest BCUT2D eigenvalue weighted by Gasteiger charge is 2.14. The Labute approximate surface area is 167 Å². The molecule has 0 saturated heterocycles. The number of hydrogen-bond donors (Lipinski definition) is 0. The molecule has 0 fully saturated rings. The quantitative estimate of drug-likeness (QED) is 0.429. The molecule has 5 aromatic rings. The van der Waals surface area contributed by atoms with Crippen LogP contribution in [0.1, 0.15) is 16.9 Å². The summed E-state index contributed by atoms with van der Waals surface area (Å²) < 4.78 is 34.8. The lowest BCUT2D eigenvalue weighted by molar-refractivity contribution is 0.554. The van der Waals surface area contributed by atoms with Gasteiger partial charge in [0.1, 0.15) is 27.7 Å². The highest BCUT2D eigenvalue weighted by Crippen LogP contribution is 2.26. The first-order valence-electron chi connectivity index (χ1n) is 8.90. The molecule has 0 spiro atoms. The van der Waals surface area contributed by atoms with E-state index >= 15 is 0 Å². The van der Waals surface area contributed by atoms with Crippen LogP contribution in [-0.2, 0) is 0 Å². The number of aromatic nitrogens is 2. The number of benzene rings is 2. The van der Waals surface area contributed by atoms with Gasteiger partial charge in [-0.25, -0.2) is 18.2 Å². The second-order valence-electron chi connectivity index (χ2n) is 6.85. The number of nitrogens with zero attached hydrogens (tertiary/aromatic N) is 2. The minimum Gasteiger partial charge on any atom is -0.457 e. The van der Waals surface area contributed by atoms with Crippen molar-refractivity contribution in [3.05, 3.63) is 85.9 Å². The Morgan fingerprint density at radius 2 is 1.93 bits per heavy atom. The first kappa shape index (κ1) is 17.8. The van der Waals surface area contributed by atoms with Gasteiger partial charge in [-0.1, -0.05) is 17.4 Å². The third-order valence-electron chi connectivity index (χ3n) is 5.03. The zero-order valence-electron chi connectivity index (χ0n) is 15.5. The first-order chi connectivity index (χ1) is 13.9. The SMILES string of the molecule is Cc1ccc2c(nc3sc(=Cc4ccc(-c5ccc(F)cc5F)o4)c(=O)n32)c1C. The van der Waals surface area contributed by atoms with Crippen molar-refractivity contribution in [1.82, 2.24) is 9.38 Å². The van der Waals surface area contributed by atoms with Gasteiger partial charge >= 0.3 is 0 Å². The maximum Gasteiger partial charge on any atom is 0.275 e. The van der Waals surface area contributed by atoms with E-state index in [9.17, 15) is 13.6 Å². The van der Waals surface area contributed by atoms with Crippen LogP contribution in [0.4, 0.5) is 8.78 Å². The second kappa shape index (κ2) is 6.35. The van der Waals surface area contributed by atoms with Gasteiger partial charge in [0.15, 0.2) is 4.96 Å². The fourth-order valence-electron chi connectivity index (χ4n) is 3.36. The minimum absolute atomic E-state index is 0.159. The molecule has 0 radical (unpaired) electrons. The summed E-state index contributed by atoms with van der Waals surface area (Å²) in [4.78, 5) is 18.2. The molecule has 3 heterocycles. The van der Waals surface area contributed by atoms with Gasteiger partial charge < -0.3 is 4.42 Å². The number of aryl methyl sites for hydroxylation is 2. The van der Waals surface area contributed by atoms with Crippen molar-refractivity contribution in [3.63, 3.8) is 0 Å². The highest BCUT2D eigenvalue weighted by atomic mass is 32.1. The molecule has 0 bridgehead atoms. The summed E-state index contributed by atoms with van der Waals surface area (Å²) in [5.74, 6) is -0.692. The van der Waals surface area contributed by atoms with E-state index < -0.39 is 11.6 Å². The third-order valence-corrected chi connectivity index (χ3v) is 6.00. The topological polar surface area (TPSA) is 47.5 Å². The summed E-state index contributed by atoms with van der Waals surface area (Å²) in [5.41, 5.74) is 3.76. The summed E-state index contributed by atoms with van der Waals surface area (Å²) in [6.07, 6.45) is 1.61. The largest absolute Gasteiger partial charge is 0.457 e. The van der Waals surface area contributed by atoms with Crippen LogP contribution in [0.25, 0.3) is 33.4 Å². The lowest BCUT2D eigenvalue weighted by atomic mass is 10.1. The van der Waals surface area contributed by atoms with Crippen molar-refractivity contribution >= 4 is 33.4 Å². The third kappa shape index (κ3) is 2.77. The van der Waals surface area contributed by atoms with Crippen LogP contribution in [0.2, 0.25) is 0 Å². The van der Waals surface area contributed by atoms with Crippen LogP contribution in [0, 0.1) is 25.5 Å². The summed E-state index contributed by atoms with van der Waals surface area (Å²) >= 11 is 1.27. The van der Waals surface area contributed by atoms with Crippen LogP contribution in [0.5, 0.6) is 0 Å². The number of furan rings is 1. The summed E-state index contributed by atoms with van der Waals surface area (Å²) in [6, 6.07) is 10.4. The highest BCUT2D eigenvalue weighted by molar-refractivity contribution is 7.15. The van der Waals surface area contributed by atoms with Crippen LogP contribution in [0.15, 0.2) is 51.7 Å². The molecule has 5 rings (SSSR count). The van der Waals surface area contributed by atoms with Crippen LogP contribution in [-0.4, -0.2) is 9.38 Å². The molecule has 0 aliphatic carbocycles. The maximum absolute atomic E-state index is 14.0. The van der Waals surface area contributed by atoms with E-state index in [1.54, 1.807) is 22.6 Å². The average Bonchev–Trinajstić information content (AvgIpc) is 3.35. The molecule has 29 heavy (non-hydrogen) atoms. The predicted molar refractivity (Wildman–Crippen MR) is 109 cm³/mol. The van der Waals surface area contributed by atoms with Gasteiger partial charge in [-0.2, -0.15) is 0 Å². The standard InChI is InChI=1S/C22H14F2N2O2S/c1-11-3-7-17-20(12(11)2)25-22-26(17)21(27)19(29-22)10-14-5-8-18(28-14)15-6-4-13(23)9-16(15)24/h3-10H,1-2H3. The zero-order valence-corrected chi connectivity index (χ0v) is 16.3. The summed E-state index contributed by atoms with van der Waals surface area (Å²) in [6.45, 7) is 4.00. The van der Waals surface area contributed by atoms with E-state index in [0.717, 1.165) is 28.2 Å². The molecule has 0 saturated carbocycles. The number of thiazole rings is 1. The van der Waals surface area contributed by atoms with E-state index in [1.165, 1.54) is 23.5 Å². The molecule has 0 aliphatic rings. The van der Waals surface area contributed by atoms with Crippen molar-refractivity contribution in [2.24, 2.45) is 0 Å². The molecule has 2 aromatic carbocycles.